The Morgan fingerprint density at radius 3 is 2.50 bits per heavy atom. The highest BCUT2D eigenvalue weighted by Gasteiger charge is 2.55. The first kappa shape index (κ1) is 32.6. The molecule has 3 N–H and O–H groups in total. The second-order valence-electron chi connectivity index (χ2n) is 11.8. The predicted octanol–water partition coefficient (Wildman–Crippen LogP) is 5.82. The van der Waals surface area contributed by atoms with Crippen molar-refractivity contribution in [1.29, 1.82) is 0 Å². The average Bonchev–Trinajstić information content (AvgIpc) is 3.31. The summed E-state index contributed by atoms with van der Waals surface area (Å²) in [6, 6.07) is 21.4. The molecular weight excluding hydrogens is 588 g/mol. The number of allylic oxidation sites excluding steroid dienone is 1. The molecule has 3 aromatic rings. The summed E-state index contributed by atoms with van der Waals surface area (Å²) in [7, 11) is 0. The summed E-state index contributed by atoms with van der Waals surface area (Å²) in [6.45, 7) is 1.63. The normalized spacial score (nSPS) is 20.5. The van der Waals surface area contributed by atoms with Gasteiger partial charge in [0.15, 0.2) is 0 Å². The first-order valence-electron chi connectivity index (χ1n) is 15.5. The Morgan fingerprint density at radius 2 is 1.80 bits per heavy atom. The van der Waals surface area contributed by atoms with Gasteiger partial charge in [-0.15, -0.1) is 0 Å². The molecule has 1 heterocycles. The molecule has 1 aliphatic heterocycles. The van der Waals surface area contributed by atoms with E-state index in [2.05, 4.69) is 6.92 Å². The number of imide groups is 1. The van der Waals surface area contributed by atoms with E-state index in [1.807, 2.05) is 30.3 Å². The van der Waals surface area contributed by atoms with Gasteiger partial charge >= 0.3 is 0 Å². The van der Waals surface area contributed by atoms with E-state index in [0.717, 1.165) is 28.9 Å². The van der Waals surface area contributed by atoms with Crippen LogP contribution in [-0.4, -0.2) is 51.4 Å². The van der Waals surface area contributed by atoms with Crippen molar-refractivity contribution in [3.05, 3.63) is 111 Å². The molecule has 0 bridgehead atoms. The number of nitrogens with zero attached hydrogens (tertiary/aromatic N) is 2. The quantitative estimate of drug-likeness (QED) is 0.0930. The van der Waals surface area contributed by atoms with Crippen LogP contribution >= 0.6 is 0 Å². The maximum atomic E-state index is 13.9. The van der Waals surface area contributed by atoms with Crippen LogP contribution in [0.25, 0.3) is 6.08 Å². The lowest BCUT2D eigenvalue weighted by Crippen LogP contribution is -2.40. The highest BCUT2D eigenvalue weighted by molar-refractivity contribution is 6.22. The average molecular weight is 627 g/mol. The molecule has 1 saturated heterocycles. The number of aliphatic hydroxyl groups is 2. The molecule has 0 spiro atoms. The number of phenols is 1. The third-order valence-corrected chi connectivity index (χ3v) is 8.75. The molecule has 0 saturated carbocycles. The number of ether oxygens (including phenoxy) is 1. The molecule has 4 atom stereocenters. The number of non-ortho nitro benzene ring substituents is 1. The fraction of sp³-hybridized carbons (Fsp3) is 0.333. The monoisotopic (exact) mass is 626 g/mol. The van der Waals surface area contributed by atoms with Crippen molar-refractivity contribution in [2.75, 3.05) is 18.1 Å². The minimum atomic E-state index is -1.04. The molecule has 10 heteroatoms. The first-order valence-corrected chi connectivity index (χ1v) is 15.5. The fourth-order valence-corrected chi connectivity index (χ4v) is 6.70. The summed E-state index contributed by atoms with van der Waals surface area (Å²) >= 11 is 0. The summed E-state index contributed by atoms with van der Waals surface area (Å²) in [5, 5.41) is 43.8. The van der Waals surface area contributed by atoms with Crippen molar-refractivity contribution in [3.8, 4) is 11.5 Å². The molecule has 3 aromatic carbocycles. The van der Waals surface area contributed by atoms with Gasteiger partial charge in [-0.2, -0.15) is 0 Å². The van der Waals surface area contributed by atoms with Gasteiger partial charge in [0.25, 0.3) is 5.69 Å². The number of nitro benzene ring substituents is 1. The molecule has 240 valence electrons. The van der Waals surface area contributed by atoms with E-state index in [4.69, 9.17) is 4.74 Å². The third kappa shape index (κ3) is 7.03. The molecule has 1 fully saturated rings. The van der Waals surface area contributed by atoms with E-state index in [0.29, 0.717) is 29.7 Å². The Bertz CT molecular complexity index is 1650. The summed E-state index contributed by atoms with van der Waals surface area (Å²) in [5.74, 6) is -2.92. The second-order valence-corrected chi connectivity index (χ2v) is 11.8. The van der Waals surface area contributed by atoms with Crippen molar-refractivity contribution in [1.82, 2.24) is 0 Å². The van der Waals surface area contributed by atoms with Crippen molar-refractivity contribution in [2.24, 2.45) is 17.8 Å². The Balaban J connectivity index is 1.47. The zero-order valence-electron chi connectivity index (χ0n) is 25.6. The number of hydrogen-bond donors (Lipinski definition) is 3. The summed E-state index contributed by atoms with van der Waals surface area (Å²) in [6.07, 6.45) is 3.60. The SMILES string of the molecule is CCC/C(=C\c1cccc(O)c1)CC[C@@H](O)C1=C(COc2ccccc2)C[C@H]2C(=O)N(c3cccc([N+](=O)[O-])c3)C(=O)[C@H]2[C@H]1CO. The van der Waals surface area contributed by atoms with Crippen LogP contribution in [0.2, 0.25) is 0 Å². The minimum Gasteiger partial charge on any atom is -0.508 e. The Labute approximate surface area is 267 Å². The number of phenolic OH excluding ortho intramolecular Hbond substituents is 1. The number of aromatic hydroxyl groups is 1. The van der Waals surface area contributed by atoms with Crippen molar-refractivity contribution < 1.29 is 34.6 Å². The van der Waals surface area contributed by atoms with Gasteiger partial charge in [-0.25, -0.2) is 4.90 Å². The smallest absolute Gasteiger partial charge is 0.271 e. The number of aliphatic hydroxyl groups excluding tert-OH is 2. The second kappa shape index (κ2) is 14.5. The van der Waals surface area contributed by atoms with Crippen LogP contribution < -0.4 is 9.64 Å². The van der Waals surface area contributed by atoms with E-state index in [1.54, 1.807) is 30.3 Å². The summed E-state index contributed by atoms with van der Waals surface area (Å²) in [4.78, 5) is 39.5. The Hall–Kier alpha value is -4.80. The number of benzene rings is 3. The molecule has 46 heavy (non-hydrogen) atoms. The molecule has 0 unspecified atom stereocenters. The largest absolute Gasteiger partial charge is 0.508 e. The van der Waals surface area contributed by atoms with Gasteiger partial charge in [0.05, 0.1) is 35.2 Å². The topological polar surface area (TPSA) is 150 Å². The Kier molecular flexibility index (Phi) is 10.3. The van der Waals surface area contributed by atoms with Crippen molar-refractivity contribution in [2.45, 2.75) is 45.1 Å². The number of para-hydroxylation sites is 1. The van der Waals surface area contributed by atoms with Gasteiger partial charge in [-0.05, 0) is 72.7 Å². The van der Waals surface area contributed by atoms with Crippen LogP contribution in [0.5, 0.6) is 11.5 Å². The first-order chi connectivity index (χ1) is 22.2. The van der Waals surface area contributed by atoms with Crippen LogP contribution in [0, 0.1) is 27.9 Å². The number of rotatable bonds is 13. The molecule has 1 aliphatic carbocycles. The van der Waals surface area contributed by atoms with Gasteiger partial charge in [0, 0.05) is 18.1 Å². The van der Waals surface area contributed by atoms with Gasteiger partial charge in [-0.1, -0.05) is 61.4 Å². The van der Waals surface area contributed by atoms with Crippen LogP contribution in [0.15, 0.2) is 95.6 Å². The van der Waals surface area contributed by atoms with Gasteiger partial charge in [0.2, 0.25) is 11.8 Å². The Morgan fingerprint density at radius 1 is 1.04 bits per heavy atom. The van der Waals surface area contributed by atoms with E-state index in [9.17, 15) is 35.0 Å². The van der Waals surface area contributed by atoms with Crippen molar-refractivity contribution in [3.63, 3.8) is 0 Å². The molecule has 10 nitrogen and oxygen atoms in total. The maximum absolute atomic E-state index is 13.9. The molecule has 0 radical (unpaired) electrons. The van der Waals surface area contributed by atoms with Gasteiger partial charge in [0.1, 0.15) is 18.1 Å². The minimum absolute atomic E-state index is 0.0509. The van der Waals surface area contributed by atoms with Gasteiger partial charge < -0.3 is 20.1 Å². The fourth-order valence-electron chi connectivity index (χ4n) is 6.70. The van der Waals surface area contributed by atoms with E-state index >= 15 is 0 Å². The number of carbonyl (C=O) groups is 2. The highest BCUT2D eigenvalue weighted by Crippen LogP contribution is 2.47. The van der Waals surface area contributed by atoms with E-state index in [-0.39, 0.29) is 30.2 Å². The van der Waals surface area contributed by atoms with Crippen LogP contribution in [-0.2, 0) is 9.59 Å². The molecule has 2 aliphatic rings. The zero-order chi connectivity index (χ0) is 32.8. The van der Waals surface area contributed by atoms with Crippen molar-refractivity contribution >= 4 is 29.3 Å². The molecular formula is C36H38N2O8. The van der Waals surface area contributed by atoms with Gasteiger partial charge in [-0.3, -0.25) is 19.7 Å². The van der Waals surface area contributed by atoms with Crippen LogP contribution in [0.3, 0.4) is 0 Å². The number of anilines is 1. The van der Waals surface area contributed by atoms with E-state index < -0.39 is 47.2 Å². The molecule has 5 rings (SSSR count). The lowest BCUT2D eigenvalue weighted by atomic mass is 9.68. The summed E-state index contributed by atoms with van der Waals surface area (Å²) in [5.41, 5.74) is 2.91. The molecule has 2 amide bonds. The van der Waals surface area contributed by atoms with E-state index in [1.165, 1.54) is 24.3 Å². The number of fused-ring (bicyclic) bond motifs is 1. The molecule has 0 aromatic heterocycles. The maximum Gasteiger partial charge on any atom is 0.271 e. The number of hydrogen-bond acceptors (Lipinski definition) is 8. The number of amides is 2. The number of carbonyl (C=O) groups excluding carboxylic acids is 2. The summed E-state index contributed by atoms with van der Waals surface area (Å²) < 4.78 is 6.07. The zero-order valence-corrected chi connectivity index (χ0v) is 25.6. The lowest BCUT2D eigenvalue weighted by molar-refractivity contribution is -0.384. The standard InChI is InChI=1S/C36H38N2O8/c1-2-8-23(17-24-9-6-12-28(40)18-24)15-16-32(41)33-25(22-46-29-13-4-3-5-14-29)19-30-34(31(33)21-39)36(43)37(35(30)42)26-10-7-11-27(20-26)38(44)45/h3-7,9-14,17-18,20,30-32,34,39-41H,2,8,15-16,19,21-22H2,1H3/b23-17+/t30-,31+,32-,34-/m1/s1. The predicted molar refractivity (Wildman–Crippen MR) is 173 cm³/mol. The number of nitro groups is 1. The lowest BCUT2D eigenvalue weighted by Gasteiger charge is -2.36. The van der Waals surface area contributed by atoms with Crippen LogP contribution in [0.1, 0.15) is 44.6 Å². The van der Waals surface area contributed by atoms with Crippen LogP contribution in [0.4, 0.5) is 11.4 Å². The highest BCUT2D eigenvalue weighted by atomic mass is 16.6. The third-order valence-electron chi connectivity index (χ3n) is 8.75.